The number of nitrogens with one attached hydrogen (secondary N) is 1. The Hall–Kier alpha value is -1.07. The van der Waals surface area contributed by atoms with Gasteiger partial charge in [-0.05, 0) is 6.92 Å². The molecule has 0 aromatic heterocycles. The van der Waals surface area contributed by atoms with E-state index in [-0.39, 0.29) is 17.5 Å². The molecule has 0 aromatic carbocycles. The zero-order valence-corrected chi connectivity index (χ0v) is 9.54. The molecule has 1 aliphatic heterocycles. The van der Waals surface area contributed by atoms with Crippen LogP contribution < -0.4 is 5.43 Å². The Labute approximate surface area is 93.7 Å². The summed E-state index contributed by atoms with van der Waals surface area (Å²) in [5.74, 6) is -0.112. The zero-order chi connectivity index (χ0) is 11.4. The first-order chi connectivity index (χ1) is 7.06. The van der Waals surface area contributed by atoms with Crippen molar-refractivity contribution in [2.45, 2.75) is 19.6 Å². The smallest absolute Gasteiger partial charge is 0.231 e. The molecule has 1 aliphatic rings. The molecule has 1 unspecified atom stereocenters. The predicted octanol–water partition coefficient (Wildman–Crippen LogP) is 0.867. The largest absolute Gasteiger partial charge is 0.357 e. The highest BCUT2D eigenvalue weighted by Crippen LogP contribution is 2.11. The van der Waals surface area contributed by atoms with E-state index in [1.807, 2.05) is 6.92 Å². The minimum atomic E-state index is -0.438. The van der Waals surface area contributed by atoms with Gasteiger partial charge in [-0.3, -0.25) is 10.2 Å². The molecule has 0 radical (unpaired) electrons. The SMILES string of the molecule is C=C1/C(Cl)=N\NC(OCC)CC(=O)N1C. The molecule has 0 aliphatic carbocycles. The van der Waals surface area contributed by atoms with Crippen LogP contribution >= 0.6 is 11.6 Å². The maximum Gasteiger partial charge on any atom is 0.231 e. The van der Waals surface area contributed by atoms with Gasteiger partial charge in [0.25, 0.3) is 0 Å². The van der Waals surface area contributed by atoms with Crippen LogP contribution in [0.25, 0.3) is 0 Å². The number of allylic oxidation sites excluding steroid dienone is 1. The van der Waals surface area contributed by atoms with Crippen molar-refractivity contribution in [2.75, 3.05) is 13.7 Å². The van der Waals surface area contributed by atoms with Crippen LogP contribution in [0.4, 0.5) is 0 Å². The number of carbonyl (C=O) groups excluding carboxylic acids is 1. The molecule has 0 fully saturated rings. The van der Waals surface area contributed by atoms with Gasteiger partial charge in [-0.25, -0.2) is 0 Å². The average molecular weight is 232 g/mol. The van der Waals surface area contributed by atoms with Crippen LogP contribution in [0.2, 0.25) is 0 Å². The predicted molar refractivity (Wildman–Crippen MR) is 58.4 cm³/mol. The molecule has 0 spiro atoms. The van der Waals surface area contributed by atoms with Crippen LogP contribution in [0.5, 0.6) is 0 Å². The van der Waals surface area contributed by atoms with Gasteiger partial charge in [0.15, 0.2) is 11.4 Å². The molecule has 6 heteroatoms. The molecule has 84 valence electrons. The average Bonchev–Trinajstić information content (AvgIpc) is 2.22. The van der Waals surface area contributed by atoms with Crippen LogP contribution in [-0.2, 0) is 9.53 Å². The summed E-state index contributed by atoms with van der Waals surface area (Å²) in [5, 5.41) is 4.03. The molecule has 0 saturated carbocycles. The number of halogens is 1. The van der Waals surface area contributed by atoms with E-state index in [1.165, 1.54) is 4.90 Å². The van der Waals surface area contributed by atoms with E-state index in [9.17, 15) is 4.79 Å². The highest BCUT2D eigenvalue weighted by molar-refractivity contribution is 6.69. The van der Waals surface area contributed by atoms with E-state index in [0.717, 1.165) is 0 Å². The summed E-state index contributed by atoms with van der Waals surface area (Å²) in [4.78, 5) is 13.0. The molecular formula is C9H14ClN3O2. The third-order valence-corrected chi connectivity index (χ3v) is 2.35. The lowest BCUT2D eigenvalue weighted by molar-refractivity contribution is -0.131. The lowest BCUT2D eigenvalue weighted by atomic mass is 10.3. The minimum Gasteiger partial charge on any atom is -0.357 e. The van der Waals surface area contributed by atoms with E-state index in [0.29, 0.717) is 12.3 Å². The molecule has 0 saturated heterocycles. The van der Waals surface area contributed by atoms with Gasteiger partial charge >= 0.3 is 0 Å². The summed E-state index contributed by atoms with van der Waals surface area (Å²) in [6.45, 7) is 6.01. The fourth-order valence-electron chi connectivity index (χ4n) is 1.12. The Morgan fingerprint density at radius 1 is 1.80 bits per heavy atom. The van der Waals surface area contributed by atoms with E-state index >= 15 is 0 Å². The van der Waals surface area contributed by atoms with Gasteiger partial charge in [0.05, 0.1) is 12.1 Å². The Morgan fingerprint density at radius 2 is 2.47 bits per heavy atom. The molecule has 0 bridgehead atoms. The van der Waals surface area contributed by atoms with Crippen molar-refractivity contribution in [1.29, 1.82) is 0 Å². The van der Waals surface area contributed by atoms with Gasteiger partial charge in [-0.1, -0.05) is 18.2 Å². The van der Waals surface area contributed by atoms with Crippen LogP contribution in [0, 0.1) is 0 Å². The number of rotatable bonds is 2. The number of nitrogens with zero attached hydrogens (tertiary/aromatic N) is 2. The molecule has 1 heterocycles. The number of ether oxygens (including phenoxy) is 1. The first-order valence-electron chi connectivity index (χ1n) is 4.62. The van der Waals surface area contributed by atoms with Crippen molar-refractivity contribution in [3.63, 3.8) is 0 Å². The second kappa shape index (κ2) is 5.14. The van der Waals surface area contributed by atoms with E-state index < -0.39 is 6.23 Å². The van der Waals surface area contributed by atoms with Crippen molar-refractivity contribution in [3.05, 3.63) is 12.3 Å². The first-order valence-corrected chi connectivity index (χ1v) is 5.00. The number of hydrogen-bond acceptors (Lipinski definition) is 4. The van der Waals surface area contributed by atoms with E-state index in [1.54, 1.807) is 7.05 Å². The van der Waals surface area contributed by atoms with Gasteiger partial charge in [0.1, 0.15) is 0 Å². The Balaban J connectivity index is 2.82. The Kier molecular flexibility index (Phi) is 4.11. The third-order valence-electron chi connectivity index (χ3n) is 2.05. The van der Waals surface area contributed by atoms with Crippen LogP contribution in [0.1, 0.15) is 13.3 Å². The van der Waals surface area contributed by atoms with Crippen molar-refractivity contribution in [3.8, 4) is 0 Å². The van der Waals surface area contributed by atoms with Gasteiger partial charge < -0.3 is 9.64 Å². The highest BCUT2D eigenvalue weighted by atomic mass is 35.5. The quantitative estimate of drug-likeness (QED) is 0.767. The zero-order valence-electron chi connectivity index (χ0n) is 8.79. The molecule has 0 aromatic rings. The van der Waals surface area contributed by atoms with Crippen molar-refractivity contribution >= 4 is 22.7 Å². The fraction of sp³-hybridized carbons (Fsp3) is 0.556. The summed E-state index contributed by atoms with van der Waals surface area (Å²) in [6.07, 6.45) is -0.233. The van der Waals surface area contributed by atoms with Crippen LogP contribution in [0.3, 0.4) is 0 Å². The van der Waals surface area contributed by atoms with Gasteiger partial charge in [-0.2, -0.15) is 5.10 Å². The maximum atomic E-state index is 11.6. The molecule has 1 rings (SSSR count). The summed E-state index contributed by atoms with van der Waals surface area (Å²) < 4.78 is 5.27. The lowest BCUT2D eigenvalue weighted by Crippen LogP contribution is -2.39. The summed E-state index contributed by atoms with van der Waals surface area (Å²) in [6, 6.07) is 0. The molecule has 1 N–H and O–H groups in total. The Bertz CT molecular complexity index is 304. The summed E-state index contributed by atoms with van der Waals surface area (Å²) >= 11 is 5.81. The van der Waals surface area contributed by atoms with Crippen molar-refractivity contribution in [1.82, 2.24) is 10.3 Å². The van der Waals surface area contributed by atoms with Crippen molar-refractivity contribution in [2.24, 2.45) is 5.10 Å². The second-order valence-electron chi connectivity index (χ2n) is 3.08. The Morgan fingerprint density at radius 3 is 3.07 bits per heavy atom. The normalized spacial score (nSPS) is 26.5. The number of hydrazone groups is 1. The van der Waals surface area contributed by atoms with Crippen LogP contribution in [0.15, 0.2) is 17.4 Å². The maximum absolute atomic E-state index is 11.6. The second-order valence-corrected chi connectivity index (χ2v) is 3.44. The van der Waals surface area contributed by atoms with Crippen LogP contribution in [-0.4, -0.2) is 35.9 Å². The molecular weight excluding hydrogens is 218 g/mol. The molecule has 5 nitrogen and oxygen atoms in total. The summed E-state index contributed by atoms with van der Waals surface area (Å²) in [5.41, 5.74) is 3.06. The minimum absolute atomic E-state index is 0.112. The first kappa shape index (κ1) is 12.0. The lowest BCUT2D eigenvalue weighted by Gasteiger charge is -2.25. The fourth-order valence-corrected chi connectivity index (χ4v) is 1.30. The third kappa shape index (κ3) is 2.94. The number of carbonyl (C=O) groups is 1. The van der Waals surface area contributed by atoms with E-state index in [4.69, 9.17) is 16.3 Å². The molecule has 1 atom stereocenters. The highest BCUT2D eigenvalue weighted by Gasteiger charge is 2.22. The van der Waals surface area contributed by atoms with Gasteiger partial charge in [0.2, 0.25) is 5.91 Å². The standard InChI is InChI=1S/C9H14ClN3O2/c1-4-15-7-5-8(14)13(3)6(2)9(10)12-11-7/h7,11H,2,4-5H2,1,3H3/b12-9+. The van der Waals surface area contributed by atoms with Crippen molar-refractivity contribution < 1.29 is 9.53 Å². The molecule has 15 heavy (non-hydrogen) atoms. The summed E-state index contributed by atoms with van der Waals surface area (Å²) in [7, 11) is 1.61. The topological polar surface area (TPSA) is 53.9 Å². The van der Waals surface area contributed by atoms with Gasteiger partial charge in [-0.15, -0.1) is 0 Å². The monoisotopic (exact) mass is 231 g/mol. The number of amides is 1. The molecule has 1 amide bonds. The van der Waals surface area contributed by atoms with Gasteiger partial charge in [0, 0.05) is 13.7 Å². The van der Waals surface area contributed by atoms with E-state index in [2.05, 4.69) is 17.1 Å². The number of hydrogen-bond donors (Lipinski definition) is 1.